The second kappa shape index (κ2) is 5.90. The number of anilines is 1. The lowest BCUT2D eigenvalue weighted by atomic mass is 9.80. The lowest BCUT2D eigenvalue weighted by Gasteiger charge is -2.37. The number of hydrogen-bond donors (Lipinski definition) is 2. The van der Waals surface area contributed by atoms with E-state index in [1.54, 1.807) is 6.07 Å². The summed E-state index contributed by atoms with van der Waals surface area (Å²) in [5.74, 6) is 0.961. The molecule has 0 bridgehead atoms. The van der Waals surface area contributed by atoms with E-state index in [1.165, 1.54) is 11.1 Å². The summed E-state index contributed by atoms with van der Waals surface area (Å²) < 4.78 is 6.48. The van der Waals surface area contributed by atoms with E-state index in [4.69, 9.17) is 4.74 Å². The van der Waals surface area contributed by atoms with Crippen molar-refractivity contribution < 1.29 is 9.84 Å². The fraction of sp³-hybridized carbons (Fsp3) is 0.200. The molecule has 1 atom stereocenters. The van der Waals surface area contributed by atoms with Gasteiger partial charge in [0, 0.05) is 16.8 Å². The van der Waals surface area contributed by atoms with Crippen LogP contribution in [-0.2, 0) is 0 Å². The van der Waals surface area contributed by atoms with Gasteiger partial charge in [-0.05, 0) is 55.7 Å². The van der Waals surface area contributed by atoms with Gasteiger partial charge in [-0.1, -0.05) is 48.5 Å². The fourth-order valence-corrected chi connectivity index (χ4v) is 4.57. The molecule has 3 aromatic rings. The van der Waals surface area contributed by atoms with Crippen LogP contribution < -0.4 is 10.1 Å². The van der Waals surface area contributed by atoms with Crippen LogP contribution in [0.2, 0.25) is 0 Å². The van der Waals surface area contributed by atoms with Gasteiger partial charge in [-0.15, -0.1) is 0 Å². The van der Waals surface area contributed by atoms with Gasteiger partial charge in [0.2, 0.25) is 0 Å². The van der Waals surface area contributed by atoms with E-state index in [9.17, 15) is 5.11 Å². The van der Waals surface area contributed by atoms with E-state index < -0.39 is 0 Å². The molecule has 3 aromatic carbocycles. The van der Waals surface area contributed by atoms with Crippen LogP contribution in [0.1, 0.15) is 43.6 Å². The van der Waals surface area contributed by atoms with E-state index in [1.807, 2.05) is 30.3 Å². The normalized spacial score (nSPS) is 18.7. The van der Waals surface area contributed by atoms with Crippen LogP contribution in [0, 0.1) is 0 Å². The molecular formula is C25H23NO2. The number of benzene rings is 3. The first kappa shape index (κ1) is 16.9. The SMILES string of the molecule is CC1=CC(C)(C)Nc2ccc3c(c21)C(c1ccccc1)Oc1cccc(O)c1-3. The molecule has 0 saturated carbocycles. The van der Waals surface area contributed by atoms with Crippen molar-refractivity contribution in [1.29, 1.82) is 0 Å². The summed E-state index contributed by atoms with van der Waals surface area (Å²) in [5, 5.41) is 14.2. The molecule has 0 amide bonds. The maximum atomic E-state index is 10.6. The molecular weight excluding hydrogens is 346 g/mol. The van der Waals surface area contributed by atoms with Crippen molar-refractivity contribution in [2.45, 2.75) is 32.4 Å². The minimum Gasteiger partial charge on any atom is -0.507 e. The maximum Gasteiger partial charge on any atom is 0.150 e. The number of ether oxygens (including phenoxy) is 1. The molecule has 3 heteroatoms. The number of aromatic hydroxyl groups is 1. The highest BCUT2D eigenvalue weighted by Gasteiger charge is 2.35. The molecule has 2 aliphatic heterocycles. The lowest BCUT2D eigenvalue weighted by Crippen LogP contribution is -2.32. The second-order valence-corrected chi connectivity index (χ2v) is 8.18. The molecule has 0 aliphatic carbocycles. The number of phenols is 1. The minimum absolute atomic E-state index is 0.108. The highest BCUT2D eigenvalue weighted by Crippen LogP contribution is 2.52. The zero-order valence-corrected chi connectivity index (χ0v) is 16.3. The lowest BCUT2D eigenvalue weighted by molar-refractivity contribution is 0.242. The molecule has 0 aromatic heterocycles. The quantitative estimate of drug-likeness (QED) is 0.541. The Hall–Kier alpha value is -3.20. The molecule has 0 fully saturated rings. The molecule has 2 aliphatic rings. The number of allylic oxidation sites excluding steroid dienone is 1. The number of hydrogen-bond acceptors (Lipinski definition) is 3. The topological polar surface area (TPSA) is 41.5 Å². The van der Waals surface area contributed by atoms with Crippen molar-refractivity contribution in [3.05, 3.63) is 83.4 Å². The highest BCUT2D eigenvalue weighted by molar-refractivity contribution is 5.91. The Morgan fingerprint density at radius 3 is 2.50 bits per heavy atom. The molecule has 5 rings (SSSR count). The van der Waals surface area contributed by atoms with Crippen LogP contribution in [0.5, 0.6) is 11.5 Å². The summed E-state index contributed by atoms with van der Waals surface area (Å²) in [5.41, 5.74) is 7.39. The Balaban J connectivity index is 1.84. The van der Waals surface area contributed by atoms with Crippen LogP contribution >= 0.6 is 0 Å². The van der Waals surface area contributed by atoms with E-state index in [0.29, 0.717) is 5.75 Å². The molecule has 0 saturated heterocycles. The molecule has 0 radical (unpaired) electrons. The molecule has 140 valence electrons. The molecule has 2 N–H and O–H groups in total. The summed E-state index contributed by atoms with van der Waals surface area (Å²) in [6, 6.07) is 20.0. The van der Waals surface area contributed by atoms with Gasteiger partial charge in [-0.3, -0.25) is 0 Å². The summed E-state index contributed by atoms with van der Waals surface area (Å²) in [4.78, 5) is 0. The summed E-state index contributed by atoms with van der Waals surface area (Å²) in [6.07, 6.45) is 2.03. The van der Waals surface area contributed by atoms with E-state index in [2.05, 4.69) is 56.4 Å². The molecule has 0 spiro atoms. The van der Waals surface area contributed by atoms with Crippen LogP contribution in [-0.4, -0.2) is 10.6 Å². The Morgan fingerprint density at radius 1 is 0.929 bits per heavy atom. The number of phenolic OH excluding ortho intramolecular Hbond substituents is 1. The monoisotopic (exact) mass is 369 g/mol. The first-order valence-corrected chi connectivity index (χ1v) is 9.63. The van der Waals surface area contributed by atoms with Gasteiger partial charge < -0.3 is 15.2 Å². The van der Waals surface area contributed by atoms with Crippen molar-refractivity contribution in [2.24, 2.45) is 0 Å². The third kappa shape index (κ3) is 2.50. The first-order chi connectivity index (χ1) is 13.4. The number of fused-ring (bicyclic) bond motifs is 5. The fourth-order valence-electron chi connectivity index (χ4n) is 4.57. The van der Waals surface area contributed by atoms with Gasteiger partial charge in [0.25, 0.3) is 0 Å². The van der Waals surface area contributed by atoms with Gasteiger partial charge in [0.15, 0.2) is 6.10 Å². The van der Waals surface area contributed by atoms with E-state index in [0.717, 1.165) is 27.9 Å². The zero-order chi connectivity index (χ0) is 19.5. The highest BCUT2D eigenvalue weighted by atomic mass is 16.5. The van der Waals surface area contributed by atoms with Crippen LogP contribution in [0.25, 0.3) is 16.7 Å². The minimum atomic E-state index is -0.230. The maximum absolute atomic E-state index is 10.6. The van der Waals surface area contributed by atoms with Crippen molar-refractivity contribution in [2.75, 3.05) is 5.32 Å². The number of nitrogens with one attached hydrogen (secondary N) is 1. The Labute approximate surface area is 165 Å². The van der Waals surface area contributed by atoms with Gasteiger partial charge in [-0.25, -0.2) is 0 Å². The second-order valence-electron chi connectivity index (χ2n) is 8.18. The summed E-state index contributed by atoms with van der Waals surface area (Å²) in [6.45, 7) is 6.50. The van der Waals surface area contributed by atoms with Crippen molar-refractivity contribution in [1.82, 2.24) is 0 Å². The van der Waals surface area contributed by atoms with Crippen LogP contribution in [0.3, 0.4) is 0 Å². The smallest absolute Gasteiger partial charge is 0.150 e. The van der Waals surface area contributed by atoms with Crippen LogP contribution in [0.15, 0.2) is 66.7 Å². The van der Waals surface area contributed by atoms with Crippen molar-refractivity contribution in [3.63, 3.8) is 0 Å². The van der Waals surface area contributed by atoms with E-state index in [-0.39, 0.29) is 17.4 Å². The van der Waals surface area contributed by atoms with Gasteiger partial charge in [0.1, 0.15) is 11.5 Å². The Kier molecular flexibility index (Phi) is 3.57. The third-order valence-corrected chi connectivity index (χ3v) is 5.56. The average molecular weight is 369 g/mol. The van der Waals surface area contributed by atoms with Gasteiger partial charge in [0.05, 0.1) is 11.1 Å². The van der Waals surface area contributed by atoms with Gasteiger partial charge in [-0.2, -0.15) is 0 Å². The summed E-state index contributed by atoms with van der Waals surface area (Å²) >= 11 is 0. The predicted molar refractivity (Wildman–Crippen MR) is 114 cm³/mol. The standard InChI is InChI=1S/C25H23NO2/c1-15-14-25(2,3)26-18-13-12-17-22-19(27)10-7-11-20(22)28-24(23(17)21(15)18)16-8-5-4-6-9-16/h4-14,24,26-27H,1-3H3. The largest absolute Gasteiger partial charge is 0.507 e. The van der Waals surface area contributed by atoms with E-state index >= 15 is 0 Å². The molecule has 3 nitrogen and oxygen atoms in total. The summed E-state index contributed by atoms with van der Waals surface area (Å²) in [7, 11) is 0. The molecule has 2 heterocycles. The van der Waals surface area contributed by atoms with Crippen LogP contribution in [0.4, 0.5) is 5.69 Å². The average Bonchev–Trinajstić information content (AvgIpc) is 2.66. The van der Waals surface area contributed by atoms with Gasteiger partial charge >= 0.3 is 0 Å². The Bertz CT molecular complexity index is 1110. The zero-order valence-electron chi connectivity index (χ0n) is 16.3. The molecule has 28 heavy (non-hydrogen) atoms. The van der Waals surface area contributed by atoms with Crippen molar-refractivity contribution in [3.8, 4) is 22.6 Å². The first-order valence-electron chi connectivity index (χ1n) is 9.63. The number of rotatable bonds is 1. The van der Waals surface area contributed by atoms with Crippen molar-refractivity contribution >= 4 is 11.3 Å². The Morgan fingerprint density at radius 2 is 1.71 bits per heavy atom. The molecule has 1 unspecified atom stereocenters. The third-order valence-electron chi connectivity index (χ3n) is 5.56. The predicted octanol–water partition coefficient (Wildman–Crippen LogP) is 6.15.